The number of hydrogen-bond acceptors (Lipinski definition) is 7. The molecule has 0 bridgehead atoms. The second-order valence-electron chi connectivity index (χ2n) is 8.83. The van der Waals surface area contributed by atoms with Gasteiger partial charge in [-0.15, -0.1) is 0 Å². The quantitative estimate of drug-likeness (QED) is 0.505. The van der Waals surface area contributed by atoms with Crippen LogP contribution in [0.25, 0.3) is 11.1 Å². The molecule has 10 nitrogen and oxygen atoms in total. The molecule has 0 radical (unpaired) electrons. The fraction of sp³-hybridized carbons (Fsp3) is 0.269. The van der Waals surface area contributed by atoms with E-state index in [2.05, 4.69) is 4.98 Å². The minimum atomic E-state index is -3.27. The van der Waals surface area contributed by atoms with Crippen molar-refractivity contribution in [1.82, 2.24) is 4.98 Å². The van der Waals surface area contributed by atoms with Crippen molar-refractivity contribution < 1.29 is 27.5 Å². The number of nitrogens with zero attached hydrogens (tertiary/aromatic N) is 4. The Hall–Kier alpha value is -4.12. The summed E-state index contributed by atoms with van der Waals surface area (Å²) >= 11 is 0. The number of carbonyl (C=O) groups is 2. The highest BCUT2D eigenvalue weighted by molar-refractivity contribution is 7.93. The van der Waals surface area contributed by atoms with E-state index in [1.807, 2.05) is 25.1 Å². The first-order chi connectivity index (χ1) is 17.8. The molecule has 0 unspecified atom stereocenters. The van der Waals surface area contributed by atoms with E-state index in [4.69, 9.17) is 9.47 Å². The summed E-state index contributed by atoms with van der Waals surface area (Å²) in [6, 6.07) is 17.3. The van der Waals surface area contributed by atoms with Gasteiger partial charge in [0, 0.05) is 18.8 Å². The fourth-order valence-electron chi connectivity index (χ4n) is 4.66. The molecule has 11 heteroatoms. The molecule has 2 aromatic carbocycles. The number of ether oxygens (including phenoxy) is 2. The Morgan fingerprint density at radius 2 is 1.73 bits per heavy atom. The number of aromatic nitrogens is 1. The number of pyridine rings is 1. The van der Waals surface area contributed by atoms with Crippen molar-refractivity contribution in [3.8, 4) is 17.0 Å². The molecule has 5 rings (SSSR count). The lowest BCUT2D eigenvalue weighted by atomic mass is 10.0. The number of carbonyl (C=O) groups excluding carboxylic acids is 2. The van der Waals surface area contributed by atoms with Crippen LogP contribution in [-0.2, 0) is 14.8 Å². The van der Waals surface area contributed by atoms with Crippen LogP contribution in [0.2, 0.25) is 0 Å². The third-order valence-corrected chi connectivity index (χ3v) is 8.29. The third kappa shape index (κ3) is 4.69. The van der Waals surface area contributed by atoms with Crippen molar-refractivity contribution >= 4 is 39.3 Å². The average molecular weight is 523 g/mol. The van der Waals surface area contributed by atoms with Crippen molar-refractivity contribution in [1.29, 1.82) is 0 Å². The van der Waals surface area contributed by atoms with Gasteiger partial charge in [0.25, 0.3) is 0 Å². The third-order valence-electron chi connectivity index (χ3n) is 6.42. The minimum Gasteiger partial charge on any atom is -0.452 e. The van der Waals surface area contributed by atoms with Crippen LogP contribution in [0.5, 0.6) is 5.88 Å². The molecule has 1 aromatic heterocycles. The number of benzene rings is 2. The van der Waals surface area contributed by atoms with Crippen LogP contribution in [0.3, 0.4) is 0 Å². The smallest absolute Gasteiger partial charge is 0.421 e. The second kappa shape index (κ2) is 9.74. The van der Waals surface area contributed by atoms with Gasteiger partial charge in [-0.2, -0.15) is 0 Å². The summed E-state index contributed by atoms with van der Waals surface area (Å²) in [5.74, 6) is 0.319. The molecule has 37 heavy (non-hydrogen) atoms. The van der Waals surface area contributed by atoms with Gasteiger partial charge in [-0.25, -0.2) is 23.0 Å². The maximum Gasteiger partial charge on any atom is 0.421 e. The molecule has 2 amide bonds. The van der Waals surface area contributed by atoms with Crippen molar-refractivity contribution in [2.45, 2.75) is 19.4 Å². The highest BCUT2D eigenvalue weighted by Gasteiger charge is 2.37. The normalized spacial score (nSPS) is 18.3. The number of amides is 2. The molecule has 0 saturated carbocycles. The second-order valence-corrected chi connectivity index (χ2v) is 10.8. The first-order valence-corrected chi connectivity index (χ1v) is 13.4. The topological polar surface area (TPSA) is 109 Å². The number of anilines is 3. The van der Waals surface area contributed by atoms with Crippen molar-refractivity contribution in [2.24, 2.45) is 0 Å². The van der Waals surface area contributed by atoms with Crippen molar-refractivity contribution in [2.75, 3.05) is 40.1 Å². The predicted molar refractivity (Wildman–Crippen MR) is 140 cm³/mol. The Morgan fingerprint density at radius 1 is 0.973 bits per heavy atom. The first kappa shape index (κ1) is 24.6. The van der Waals surface area contributed by atoms with Crippen LogP contribution in [-0.4, -0.2) is 57.6 Å². The maximum atomic E-state index is 13.2. The van der Waals surface area contributed by atoms with Gasteiger partial charge in [-0.05, 0) is 54.8 Å². The molecule has 0 spiro atoms. The lowest BCUT2D eigenvalue weighted by Crippen LogP contribution is -2.52. The monoisotopic (exact) mass is 522 g/mol. The molecular weight excluding hydrogens is 496 g/mol. The van der Waals surface area contributed by atoms with Gasteiger partial charge in [0.05, 0.1) is 42.5 Å². The summed E-state index contributed by atoms with van der Waals surface area (Å²) in [6.45, 7) is 2.47. The Morgan fingerprint density at radius 3 is 2.38 bits per heavy atom. The zero-order valence-electron chi connectivity index (χ0n) is 20.4. The average Bonchev–Trinajstić information content (AvgIpc) is 3.27. The molecule has 1 saturated heterocycles. The standard InChI is InChI=1S/C26H26N4O6S/c1-18-17-28(25(31)36-24-6-3-4-13-27-24)23-16-20(9-12-22(23)30(18)26(32)35-2)19-7-10-21(11-8-19)29-14-5-15-37(29,33)34/h3-4,6-13,16,18H,5,14-15,17H2,1-2H3/t18-/m0/s1. The van der Waals surface area contributed by atoms with Gasteiger partial charge in [-0.3, -0.25) is 14.1 Å². The van der Waals surface area contributed by atoms with E-state index in [1.165, 1.54) is 27.4 Å². The zero-order valence-corrected chi connectivity index (χ0v) is 21.2. The molecule has 0 aliphatic carbocycles. The lowest BCUT2D eigenvalue weighted by Gasteiger charge is -2.39. The van der Waals surface area contributed by atoms with E-state index in [-0.39, 0.29) is 24.2 Å². The van der Waals surface area contributed by atoms with Crippen molar-refractivity contribution in [3.05, 3.63) is 66.9 Å². The molecular formula is C26H26N4O6S. The zero-order chi connectivity index (χ0) is 26.2. The van der Waals surface area contributed by atoms with E-state index in [1.54, 1.807) is 42.5 Å². The molecule has 2 aliphatic heterocycles. The Balaban J connectivity index is 1.51. The largest absolute Gasteiger partial charge is 0.452 e. The number of hydrogen-bond donors (Lipinski definition) is 0. The van der Waals surface area contributed by atoms with E-state index in [0.717, 1.165) is 11.1 Å². The first-order valence-electron chi connectivity index (χ1n) is 11.8. The highest BCUT2D eigenvalue weighted by atomic mass is 32.2. The van der Waals surface area contributed by atoms with Gasteiger partial charge in [-0.1, -0.05) is 24.3 Å². The van der Waals surface area contributed by atoms with E-state index >= 15 is 0 Å². The summed E-state index contributed by atoms with van der Waals surface area (Å²) in [6.07, 6.45) is 0.983. The highest BCUT2D eigenvalue weighted by Crippen LogP contribution is 2.40. The van der Waals surface area contributed by atoms with Crippen LogP contribution in [0.1, 0.15) is 13.3 Å². The van der Waals surface area contributed by atoms with Crippen LogP contribution in [0, 0.1) is 0 Å². The van der Waals surface area contributed by atoms with E-state index < -0.39 is 22.2 Å². The number of sulfonamides is 1. The summed E-state index contributed by atoms with van der Waals surface area (Å²) in [4.78, 5) is 32.8. The van der Waals surface area contributed by atoms with Crippen LogP contribution in [0.15, 0.2) is 66.9 Å². The number of fused-ring (bicyclic) bond motifs is 1. The van der Waals surface area contributed by atoms with Gasteiger partial charge < -0.3 is 9.47 Å². The maximum absolute atomic E-state index is 13.2. The summed E-state index contributed by atoms with van der Waals surface area (Å²) in [5.41, 5.74) is 3.21. The summed E-state index contributed by atoms with van der Waals surface area (Å²) < 4.78 is 36.5. The SMILES string of the molecule is COC(=O)N1c2ccc(-c3ccc(N4CCCS4(=O)=O)cc3)cc2N(C(=O)Oc2ccccn2)C[C@@H]1C. The Labute approximate surface area is 215 Å². The summed E-state index contributed by atoms with van der Waals surface area (Å²) in [5, 5.41) is 0. The fourth-order valence-corrected chi connectivity index (χ4v) is 6.22. The molecule has 3 heterocycles. The summed E-state index contributed by atoms with van der Waals surface area (Å²) in [7, 11) is -1.96. The molecule has 2 aliphatic rings. The molecule has 1 atom stereocenters. The van der Waals surface area contributed by atoms with Gasteiger partial charge in [0.2, 0.25) is 15.9 Å². The van der Waals surface area contributed by atoms with Gasteiger partial charge in [0.15, 0.2) is 0 Å². The number of rotatable bonds is 3. The molecule has 0 N–H and O–H groups in total. The van der Waals surface area contributed by atoms with Gasteiger partial charge >= 0.3 is 12.2 Å². The van der Waals surface area contributed by atoms with Gasteiger partial charge in [0.1, 0.15) is 0 Å². The lowest BCUT2D eigenvalue weighted by molar-refractivity contribution is 0.175. The Bertz CT molecular complexity index is 1430. The van der Waals surface area contributed by atoms with Crippen LogP contribution in [0.4, 0.5) is 26.7 Å². The van der Waals surface area contributed by atoms with Crippen LogP contribution >= 0.6 is 0 Å². The van der Waals surface area contributed by atoms with Crippen LogP contribution < -0.4 is 18.8 Å². The Kier molecular flexibility index (Phi) is 6.46. The number of methoxy groups -OCH3 is 1. The van der Waals surface area contributed by atoms with E-state index in [0.29, 0.717) is 30.0 Å². The molecule has 192 valence electrons. The molecule has 1 fully saturated rings. The minimum absolute atomic E-state index is 0.152. The van der Waals surface area contributed by atoms with Crippen molar-refractivity contribution in [3.63, 3.8) is 0 Å². The predicted octanol–water partition coefficient (Wildman–Crippen LogP) is 4.27. The molecule has 3 aromatic rings. The van der Waals surface area contributed by atoms with E-state index in [9.17, 15) is 18.0 Å².